The van der Waals surface area contributed by atoms with Crippen LogP contribution in [0.2, 0.25) is 0 Å². The minimum Gasteiger partial charge on any atom is -0.497 e. The molecule has 0 aliphatic heterocycles. The number of hydrogen-bond acceptors (Lipinski definition) is 4. The summed E-state index contributed by atoms with van der Waals surface area (Å²) in [5.74, 6) is -0.0802. The second-order valence-corrected chi connectivity index (χ2v) is 6.77. The molecule has 148 valence electrons. The number of methoxy groups -OCH3 is 1. The fourth-order valence-electron chi connectivity index (χ4n) is 2.92. The first-order chi connectivity index (χ1) is 14.0. The smallest absolute Gasteiger partial charge is 0.331 e. The molecule has 1 atom stereocenters. The normalized spacial score (nSPS) is 12.0. The van der Waals surface area contributed by atoms with Crippen LogP contribution in [0.4, 0.5) is 0 Å². The van der Waals surface area contributed by atoms with E-state index in [1.807, 2.05) is 42.5 Å². The number of nitrogens with zero attached hydrogens (tertiary/aromatic N) is 1. The molecule has 0 bridgehead atoms. The molecule has 0 saturated heterocycles. The van der Waals surface area contributed by atoms with Crippen LogP contribution in [0.3, 0.4) is 0 Å². The summed E-state index contributed by atoms with van der Waals surface area (Å²) in [7, 11) is 4.89. The molecule has 0 spiro atoms. The van der Waals surface area contributed by atoms with Gasteiger partial charge >= 0.3 is 5.97 Å². The van der Waals surface area contributed by atoms with E-state index in [2.05, 4.69) is 0 Å². The van der Waals surface area contributed by atoms with Crippen molar-refractivity contribution in [3.63, 3.8) is 0 Å². The van der Waals surface area contributed by atoms with Crippen LogP contribution < -0.4 is 4.74 Å². The Kier molecular flexibility index (Phi) is 6.29. The van der Waals surface area contributed by atoms with Gasteiger partial charge in [-0.25, -0.2) is 4.79 Å². The summed E-state index contributed by atoms with van der Waals surface area (Å²) in [4.78, 5) is 26.3. The molecule has 0 fully saturated rings. The SMILES string of the molecule is COc1ccc2cc(/C=C/C(=O)O[C@H](C(=O)N(C)C)c3ccccc3)ccc2c1. The van der Waals surface area contributed by atoms with Crippen LogP contribution in [-0.2, 0) is 14.3 Å². The summed E-state index contributed by atoms with van der Waals surface area (Å²) in [6.07, 6.45) is 2.03. The van der Waals surface area contributed by atoms with Gasteiger partial charge in [0.15, 0.2) is 0 Å². The van der Waals surface area contributed by atoms with Gasteiger partial charge in [0.25, 0.3) is 5.91 Å². The van der Waals surface area contributed by atoms with Crippen molar-refractivity contribution in [3.05, 3.63) is 83.9 Å². The van der Waals surface area contributed by atoms with Crippen molar-refractivity contribution in [3.8, 4) is 5.75 Å². The Morgan fingerprint density at radius 2 is 1.62 bits per heavy atom. The van der Waals surface area contributed by atoms with E-state index in [0.717, 1.165) is 22.1 Å². The van der Waals surface area contributed by atoms with Gasteiger partial charge in [0.1, 0.15) is 5.75 Å². The average molecular weight is 389 g/mol. The zero-order chi connectivity index (χ0) is 20.8. The van der Waals surface area contributed by atoms with Gasteiger partial charge in [0.2, 0.25) is 6.10 Å². The Morgan fingerprint density at radius 1 is 0.931 bits per heavy atom. The Bertz CT molecular complexity index is 1040. The van der Waals surface area contributed by atoms with E-state index < -0.39 is 12.1 Å². The fraction of sp³-hybridized carbons (Fsp3) is 0.167. The summed E-state index contributed by atoms with van der Waals surface area (Å²) in [6, 6.07) is 20.6. The molecule has 3 rings (SSSR count). The van der Waals surface area contributed by atoms with Gasteiger partial charge < -0.3 is 14.4 Å². The first kappa shape index (κ1) is 20.1. The number of carbonyl (C=O) groups is 2. The summed E-state index contributed by atoms with van der Waals surface area (Å²) in [5.41, 5.74) is 1.49. The number of carbonyl (C=O) groups excluding carboxylic acids is 2. The molecular formula is C24H23NO4. The van der Waals surface area contributed by atoms with Gasteiger partial charge in [-0.05, 0) is 40.6 Å². The molecule has 0 unspecified atom stereocenters. The number of rotatable bonds is 6. The highest BCUT2D eigenvalue weighted by Crippen LogP contribution is 2.23. The quantitative estimate of drug-likeness (QED) is 0.468. The highest BCUT2D eigenvalue weighted by Gasteiger charge is 2.25. The second-order valence-electron chi connectivity index (χ2n) is 6.77. The minimum atomic E-state index is -0.979. The Labute approximate surface area is 170 Å². The molecule has 0 aromatic heterocycles. The van der Waals surface area contributed by atoms with Crippen LogP contribution in [0.25, 0.3) is 16.8 Å². The zero-order valence-corrected chi connectivity index (χ0v) is 16.7. The lowest BCUT2D eigenvalue weighted by Crippen LogP contribution is -2.30. The van der Waals surface area contributed by atoms with E-state index in [1.54, 1.807) is 51.5 Å². The van der Waals surface area contributed by atoms with Crippen molar-refractivity contribution >= 4 is 28.7 Å². The van der Waals surface area contributed by atoms with Crippen LogP contribution in [0, 0.1) is 0 Å². The lowest BCUT2D eigenvalue weighted by molar-refractivity contribution is -0.155. The lowest BCUT2D eigenvalue weighted by Gasteiger charge is -2.20. The Hall–Kier alpha value is -3.60. The largest absolute Gasteiger partial charge is 0.497 e. The molecule has 0 N–H and O–H groups in total. The maximum absolute atomic E-state index is 12.5. The molecule has 0 heterocycles. The molecule has 0 saturated carbocycles. The molecule has 1 amide bonds. The summed E-state index contributed by atoms with van der Waals surface area (Å²) >= 11 is 0. The number of benzene rings is 3. The molecule has 0 radical (unpaired) electrons. The van der Waals surface area contributed by atoms with Gasteiger partial charge in [-0.3, -0.25) is 4.79 Å². The van der Waals surface area contributed by atoms with E-state index in [9.17, 15) is 9.59 Å². The molecule has 29 heavy (non-hydrogen) atoms. The zero-order valence-electron chi connectivity index (χ0n) is 16.7. The fourth-order valence-corrected chi connectivity index (χ4v) is 2.92. The van der Waals surface area contributed by atoms with Gasteiger partial charge in [0, 0.05) is 25.7 Å². The number of esters is 1. The first-order valence-corrected chi connectivity index (χ1v) is 9.20. The Balaban J connectivity index is 1.76. The van der Waals surface area contributed by atoms with E-state index >= 15 is 0 Å². The predicted molar refractivity (Wildman–Crippen MR) is 114 cm³/mol. The molecule has 3 aromatic rings. The molecular weight excluding hydrogens is 366 g/mol. The predicted octanol–water partition coefficient (Wildman–Crippen LogP) is 4.23. The molecule has 3 aromatic carbocycles. The third kappa shape index (κ3) is 5.02. The number of amides is 1. The maximum atomic E-state index is 12.5. The van der Waals surface area contributed by atoms with Crippen molar-refractivity contribution in [1.29, 1.82) is 0 Å². The number of ether oxygens (including phenoxy) is 2. The third-order valence-corrected chi connectivity index (χ3v) is 4.48. The van der Waals surface area contributed by atoms with Gasteiger partial charge in [-0.15, -0.1) is 0 Å². The van der Waals surface area contributed by atoms with Crippen LogP contribution in [0.1, 0.15) is 17.2 Å². The monoisotopic (exact) mass is 389 g/mol. The highest BCUT2D eigenvalue weighted by atomic mass is 16.5. The summed E-state index contributed by atoms with van der Waals surface area (Å²) < 4.78 is 10.7. The molecule has 0 aliphatic carbocycles. The van der Waals surface area contributed by atoms with Crippen molar-refractivity contribution in [2.45, 2.75) is 6.10 Å². The van der Waals surface area contributed by atoms with Crippen LogP contribution in [0.15, 0.2) is 72.8 Å². The number of fused-ring (bicyclic) bond motifs is 1. The van der Waals surface area contributed by atoms with Crippen LogP contribution >= 0.6 is 0 Å². The van der Waals surface area contributed by atoms with Crippen molar-refractivity contribution in [2.24, 2.45) is 0 Å². The van der Waals surface area contributed by atoms with Crippen molar-refractivity contribution in [2.75, 3.05) is 21.2 Å². The summed E-state index contributed by atoms with van der Waals surface area (Å²) in [6.45, 7) is 0. The Morgan fingerprint density at radius 3 is 2.31 bits per heavy atom. The van der Waals surface area contributed by atoms with Crippen molar-refractivity contribution < 1.29 is 19.1 Å². The standard InChI is InChI=1S/C24H23NO4/c1-25(2)24(27)23(18-7-5-4-6-8-18)29-22(26)14-10-17-9-11-20-16-21(28-3)13-12-19(20)15-17/h4-16,23H,1-3H3/b14-10+/t23-/m0/s1. The van der Waals surface area contributed by atoms with Gasteiger partial charge in [-0.2, -0.15) is 0 Å². The molecule has 0 aliphatic rings. The average Bonchev–Trinajstić information content (AvgIpc) is 2.75. The second kappa shape index (κ2) is 9.06. The topological polar surface area (TPSA) is 55.8 Å². The van der Waals surface area contributed by atoms with E-state index in [0.29, 0.717) is 5.56 Å². The molecule has 5 nitrogen and oxygen atoms in total. The number of likely N-dealkylation sites (N-methyl/N-ethyl adjacent to an activating group) is 1. The first-order valence-electron chi connectivity index (χ1n) is 9.20. The lowest BCUT2D eigenvalue weighted by atomic mass is 10.1. The van der Waals surface area contributed by atoms with Gasteiger partial charge in [-0.1, -0.05) is 48.5 Å². The van der Waals surface area contributed by atoms with Crippen molar-refractivity contribution in [1.82, 2.24) is 4.90 Å². The van der Waals surface area contributed by atoms with Gasteiger partial charge in [0.05, 0.1) is 7.11 Å². The summed E-state index contributed by atoms with van der Waals surface area (Å²) in [5, 5.41) is 2.08. The van der Waals surface area contributed by atoms with E-state index in [4.69, 9.17) is 9.47 Å². The minimum absolute atomic E-state index is 0.294. The molecule has 5 heteroatoms. The van der Waals surface area contributed by atoms with Crippen LogP contribution in [0.5, 0.6) is 5.75 Å². The van der Waals surface area contributed by atoms with E-state index in [-0.39, 0.29) is 5.91 Å². The third-order valence-electron chi connectivity index (χ3n) is 4.48. The number of hydrogen-bond donors (Lipinski definition) is 0. The highest BCUT2D eigenvalue weighted by molar-refractivity contribution is 5.92. The maximum Gasteiger partial charge on any atom is 0.331 e. The van der Waals surface area contributed by atoms with Crippen LogP contribution in [-0.4, -0.2) is 38.0 Å². The van der Waals surface area contributed by atoms with E-state index in [1.165, 1.54) is 11.0 Å².